The number of aromatic hydroxyl groups is 1. The monoisotopic (exact) mass is 288 g/mol. The Morgan fingerprint density at radius 2 is 2.06 bits per heavy atom. The Balaban J connectivity index is 2.80. The molecule has 0 aliphatic carbocycles. The first-order valence-corrected chi connectivity index (χ1v) is 5.22. The largest absolute Gasteiger partial charge is 0.508 e. The van der Waals surface area contributed by atoms with E-state index in [2.05, 4.69) is 20.7 Å². The standard InChI is InChI=1S/C11H7BrF2O2/c12-8-4-7(15)3-6-1-2-9(14)11(10(6)8)16-5-13/h1-4,15H,5H2. The number of hydrogen-bond acceptors (Lipinski definition) is 2. The molecular weight excluding hydrogens is 282 g/mol. The van der Waals surface area contributed by atoms with Gasteiger partial charge in [0.1, 0.15) is 5.75 Å². The van der Waals surface area contributed by atoms with Gasteiger partial charge in [0.05, 0.1) is 0 Å². The van der Waals surface area contributed by atoms with E-state index in [0.717, 1.165) is 0 Å². The highest BCUT2D eigenvalue weighted by Gasteiger charge is 2.12. The second-order valence-corrected chi connectivity index (χ2v) is 4.01. The molecule has 0 aromatic heterocycles. The molecule has 0 aliphatic heterocycles. The van der Waals surface area contributed by atoms with Crippen LogP contribution in [0.2, 0.25) is 0 Å². The van der Waals surface area contributed by atoms with E-state index in [-0.39, 0.29) is 11.5 Å². The average Bonchev–Trinajstić information content (AvgIpc) is 2.22. The molecule has 2 aromatic carbocycles. The molecule has 5 heteroatoms. The van der Waals surface area contributed by atoms with E-state index in [1.165, 1.54) is 24.3 Å². The van der Waals surface area contributed by atoms with Crippen molar-refractivity contribution >= 4 is 26.7 Å². The fourth-order valence-corrected chi connectivity index (χ4v) is 2.18. The molecule has 0 atom stereocenters. The molecule has 0 saturated carbocycles. The highest BCUT2D eigenvalue weighted by atomic mass is 79.9. The molecule has 2 nitrogen and oxygen atoms in total. The normalized spacial score (nSPS) is 10.7. The minimum absolute atomic E-state index is 0.0391. The predicted octanol–water partition coefficient (Wildman–Crippen LogP) is 3.75. The van der Waals surface area contributed by atoms with Crippen molar-refractivity contribution in [2.75, 3.05) is 6.86 Å². The minimum Gasteiger partial charge on any atom is -0.508 e. The lowest BCUT2D eigenvalue weighted by molar-refractivity contribution is 0.187. The third-order valence-corrected chi connectivity index (χ3v) is 2.78. The number of halogens is 3. The van der Waals surface area contributed by atoms with Gasteiger partial charge in [-0.1, -0.05) is 6.07 Å². The summed E-state index contributed by atoms with van der Waals surface area (Å²) in [6.45, 7) is -1.11. The number of ether oxygens (including phenoxy) is 1. The van der Waals surface area contributed by atoms with Crippen molar-refractivity contribution in [3.05, 3.63) is 34.6 Å². The zero-order valence-electron chi connectivity index (χ0n) is 8.01. The first kappa shape index (κ1) is 11.1. The van der Waals surface area contributed by atoms with E-state index in [0.29, 0.717) is 15.2 Å². The molecule has 2 aromatic rings. The lowest BCUT2D eigenvalue weighted by Gasteiger charge is -2.09. The molecule has 16 heavy (non-hydrogen) atoms. The maximum absolute atomic E-state index is 13.4. The first-order chi connectivity index (χ1) is 7.63. The van der Waals surface area contributed by atoms with Gasteiger partial charge in [-0.15, -0.1) is 0 Å². The van der Waals surface area contributed by atoms with Gasteiger partial charge in [0, 0.05) is 9.86 Å². The molecule has 0 heterocycles. The summed E-state index contributed by atoms with van der Waals surface area (Å²) in [5, 5.41) is 10.3. The molecule has 84 valence electrons. The average molecular weight is 289 g/mol. The fraction of sp³-hybridized carbons (Fsp3) is 0.0909. The second kappa shape index (κ2) is 4.25. The first-order valence-electron chi connectivity index (χ1n) is 4.43. The van der Waals surface area contributed by atoms with E-state index < -0.39 is 12.7 Å². The van der Waals surface area contributed by atoms with Crippen LogP contribution in [0.3, 0.4) is 0 Å². The van der Waals surface area contributed by atoms with Gasteiger partial charge in [0.25, 0.3) is 0 Å². The van der Waals surface area contributed by atoms with Crippen molar-refractivity contribution < 1.29 is 18.6 Å². The van der Waals surface area contributed by atoms with Gasteiger partial charge < -0.3 is 9.84 Å². The Bertz CT molecular complexity index is 543. The lowest BCUT2D eigenvalue weighted by atomic mass is 10.1. The van der Waals surface area contributed by atoms with Crippen LogP contribution < -0.4 is 4.74 Å². The summed E-state index contributed by atoms with van der Waals surface area (Å²) >= 11 is 3.17. The van der Waals surface area contributed by atoms with E-state index in [1.54, 1.807) is 0 Å². The van der Waals surface area contributed by atoms with Gasteiger partial charge in [0.15, 0.2) is 11.6 Å². The molecular formula is C11H7BrF2O2. The third-order valence-electron chi connectivity index (χ3n) is 2.16. The molecule has 0 saturated heterocycles. The molecule has 0 aliphatic rings. The number of phenols is 1. The maximum atomic E-state index is 13.4. The van der Waals surface area contributed by atoms with E-state index in [4.69, 9.17) is 0 Å². The van der Waals surface area contributed by atoms with Gasteiger partial charge in [-0.2, -0.15) is 0 Å². The van der Waals surface area contributed by atoms with Crippen LogP contribution in [-0.2, 0) is 0 Å². The van der Waals surface area contributed by atoms with Crippen LogP contribution in [0.5, 0.6) is 11.5 Å². The number of rotatable bonds is 2. The van der Waals surface area contributed by atoms with Crippen LogP contribution in [0, 0.1) is 5.82 Å². The SMILES string of the molecule is Oc1cc(Br)c2c(OCF)c(F)ccc2c1. The topological polar surface area (TPSA) is 29.5 Å². The Morgan fingerprint density at radius 1 is 1.31 bits per heavy atom. The zero-order valence-corrected chi connectivity index (χ0v) is 9.59. The van der Waals surface area contributed by atoms with Crippen LogP contribution >= 0.6 is 15.9 Å². The second-order valence-electron chi connectivity index (χ2n) is 3.16. The minimum atomic E-state index is -1.11. The third kappa shape index (κ3) is 1.82. The van der Waals surface area contributed by atoms with Gasteiger partial charge in [-0.3, -0.25) is 0 Å². The van der Waals surface area contributed by atoms with Crippen LogP contribution in [0.25, 0.3) is 10.8 Å². The van der Waals surface area contributed by atoms with Gasteiger partial charge in [-0.05, 0) is 39.5 Å². The predicted molar refractivity (Wildman–Crippen MR) is 59.9 cm³/mol. The van der Waals surface area contributed by atoms with Crippen molar-refractivity contribution in [3.63, 3.8) is 0 Å². The molecule has 1 N–H and O–H groups in total. The van der Waals surface area contributed by atoms with E-state index in [1.807, 2.05) is 0 Å². The molecule has 0 spiro atoms. The van der Waals surface area contributed by atoms with Crippen LogP contribution in [0.4, 0.5) is 8.78 Å². The Kier molecular flexibility index (Phi) is 2.96. The highest BCUT2D eigenvalue weighted by Crippen LogP contribution is 2.37. The number of phenolic OH excluding ortho intramolecular Hbond substituents is 1. The smallest absolute Gasteiger partial charge is 0.228 e. The van der Waals surface area contributed by atoms with Crippen molar-refractivity contribution in [3.8, 4) is 11.5 Å². The summed E-state index contributed by atoms with van der Waals surface area (Å²) in [7, 11) is 0. The summed E-state index contributed by atoms with van der Waals surface area (Å²) < 4.78 is 30.6. The van der Waals surface area contributed by atoms with Crippen molar-refractivity contribution in [1.82, 2.24) is 0 Å². The van der Waals surface area contributed by atoms with Crippen molar-refractivity contribution in [1.29, 1.82) is 0 Å². The summed E-state index contributed by atoms with van der Waals surface area (Å²) in [4.78, 5) is 0. The maximum Gasteiger partial charge on any atom is 0.228 e. The Labute approximate surface area is 98.6 Å². The van der Waals surface area contributed by atoms with Crippen LogP contribution in [-0.4, -0.2) is 12.0 Å². The van der Waals surface area contributed by atoms with Gasteiger partial charge >= 0.3 is 0 Å². The molecule has 0 unspecified atom stereocenters. The summed E-state index contributed by atoms with van der Waals surface area (Å²) in [6.07, 6.45) is 0. The van der Waals surface area contributed by atoms with Gasteiger partial charge in [-0.25, -0.2) is 8.78 Å². The van der Waals surface area contributed by atoms with E-state index >= 15 is 0 Å². The summed E-state index contributed by atoms with van der Waals surface area (Å²) in [5.74, 6) is -0.763. The van der Waals surface area contributed by atoms with Gasteiger partial charge in [0.2, 0.25) is 6.86 Å². The number of fused-ring (bicyclic) bond motifs is 1. The molecule has 2 rings (SSSR count). The van der Waals surface area contributed by atoms with Crippen molar-refractivity contribution in [2.45, 2.75) is 0 Å². The van der Waals surface area contributed by atoms with Crippen LogP contribution in [0.1, 0.15) is 0 Å². The summed E-state index contributed by atoms with van der Waals surface area (Å²) in [5.41, 5.74) is 0. The molecule has 0 fully saturated rings. The van der Waals surface area contributed by atoms with Crippen LogP contribution in [0.15, 0.2) is 28.7 Å². The molecule has 0 amide bonds. The zero-order chi connectivity index (χ0) is 11.7. The fourth-order valence-electron chi connectivity index (χ4n) is 1.54. The summed E-state index contributed by atoms with van der Waals surface area (Å²) in [6, 6.07) is 5.50. The Morgan fingerprint density at radius 3 is 2.75 bits per heavy atom. The van der Waals surface area contributed by atoms with E-state index in [9.17, 15) is 13.9 Å². The Hall–Kier alpha value is -1.36. The molecule has 0 radical (unpaired) electrons. The van der Waals surface area contributed by atoms with Crippen molar-refractivity contribution in [2.24, 2.45) is 0 Å². The quantitative estimate of drug-likeness (QED) is 0.912. The highest BCUT2D eigenvalue weighted by molar-refractivity contribution is 9.10. The number of alkyl halides is 1. The molecule has 0 bridgehead atoms. The lowest BCUT2D eigenvalue weighted by Crippen LogP contribution is -1.95. The number of benzene rings is 2. The number of hydrogen-bond donors (Lipinski definition) is 1.